The third-order valence-electron chi connectivity index (χ3n) is 3.42. The molecular weight excluding hydrogens is 336 g/mol. The maximum Gasteiger partial charge on any atom is 0.499 e. The minimum atomic E-state index is -4.41. The molecule has 9 heteroatoms. The van der Waals surface area contributed by atoms with Gasteiger partial charge in [0.25, 0.3) is 19.7 Å². The first-order valence-corrected chi connectivity index (χ1v) is 9.67. The summed E-state index contributed by atoms with van der Waals surface area (Å²) in [6.45, 7) is 0. The molecule has 1 saturated carbocycles. The minimum absolute atomic E-state index is 0.277. The third kappa shape index (κ3) is 3.03. The number of rotatable bonds is 2. The van der Waals surface area contributed by atoms with Crippen LogP contribution in [0, 0.1) is 0 Å². The van der Waals surface area contributed by atoms with Crippen LogP contribution < -0.4 is 0 Å². The van der Waals surface area contributed by atoms with Gasteiger partial charge in [-0.15, -0.1) is 4.79 Å². The zero-order valence-electron chi connectivity index (χ0n) is 10.9. The lowest BCUT2D eigenvalue weighted by molar-refractivity contribution is 0.00373. The molecule has 0 aromatic heterocycles. The third-order valence-corrected chi connectivity index (χ3v) is 8.38. The summed E-state index contributed by atoms with van der Waals surface area (Å²) in [5.41, 5.74) is 8.98. The summed E-state index contributed by atoms with van der Waals surface area (Å²) in [5.74, 6) is 0. The lowest BCUT2D eigenvalue weighted by atomic mass is 10.4. The van der Waals surface area contributed by atoms with E-state index in [-0.39, 0.29) is 4.90 Å². The van der Waals surface area contributed by atoms with Crippen molar-refractivity contribution < 1.29 is 21.6 Å². The minimum Gasteiger partial charge on any atom is -0.359 e. The zero-order chi connectivity index (χ0) is 15.7. The van der Waals surface area contributed by atoms with Crippen LogP contribution in [0.1, 0.15) is 25.7 Å². The Hall–Kier alpha value is -1.21. The second-order valence-electron chi connectivity index (χ2n) is 4.77. The van der Waals surface area contributed by atoms with E-state index in [0.29, 0.717) is 30.7 Å². The molecular formula is C12H13ClN2O4S2. The van der Waals surface area contributed by atoms with Gasteiger partial charge in [-0.3, -0.25) is 0 Å². The van der Waals surface area contributed by atoms with Gasteiger partial charge in [0.1, 0.15) is 0 Å². The van der Waals surface area contributed by atoms with Crippen molar-refractivity contribution in [3.63, 3.8) is 0 Å². The summed E-state index contributed by atoms with van der Waals surface area (Å²) in [4.78, 5) is 2.31. The molecule has 0 amide bonds. The molecule has 0 heterocycles. The van der Waals surface area contributed by atoms with Crippen LogP contribution in [-0.2, 0) is 19.7 Å². The molecule has 21 heavy (non-hydrogen) atoms. The van der Waals surface area contributed by atoms with E-state index >= 15 is 0 Å². The van der Waals surface area contributed by atoms with Crippen molar-refractivity contribution in [1.29, 1.82) is 0 Å². The van der Waals surface area contributed by atoms with Gasteiger partial charge >= 0.3 is 4.38 Å². The monoisotopic (exact) mass is 348 g/mol. The molecule has 0 atom stereocenters. The molecule has 6 nitrogen and oxygen atoms in total. The maximum atomic E-state index is 12.4. The molecule has 1 aliphatic rings. The van der Waals surface area contributed by atoms with E-state index in [1.165, 1.54) is 24.3 Å². The van der Waals surface area contributed by atoms with Crippen molar-refractivity contribution in [2.45, 2.75) is 35.8 Å². The largest absolute Gasteiger partial charge is 0.499 e. The van der Waals surface area contributed by atoms with E-state index in [1.807, 2.05) is 0 Å². The Morgan fingerprint density at radius 1 is 1.10 bits per heavy atom. The quantitative estimate of drug-likeness (QED) is 0.353. The highest BCUT2D eigenvalue weighted by atomic mass is 35.5. The molecule has 0 spiro atoms. The van der Waals surface area contributed by atoms with Crippen molar-refractivity contribution >= 4 is 35.7 Å². The Labute approximate surface area is 128 Å². The molecule has 2 rings (SSSR count). The number of sulfone groups is 2. The van der Waals surface area contributed by atoms with Gasteiger partial charge in [0.05, 0.1) is 10.1 Å². The second-order valence-corrected chi connectivity index (χ2v) is 9.48. The fourth-order valence-corrected chi connectivity index (χ4v) is 6.52. The highest BCUT2D eigenvalue weighted by molar-refractivity contribution is 8.31. The lowest BCUT2D eigenvalue weighted by Gasteiger charge is -2.07. The van der Waals surface area contributed by atoms with Crippen LogP contribution in [0.15, 0.2) is 29.2 Å². The Morgan fingerprint density at radius 3 is 2.10 bits per heavy atom. The average molecular weight is 349 g/mol. The van der Waals surface area contributed by atoms with Crippen molar-refractivity contribution in [3.8, 4) is 0 Å². The molecule has 0 aliphatic heterocycles. The van der Waals surface area contributed by atoms with Crippen molar-refractivity contribution in [2.24, 2.45) is 0 Å². The van der Waals surface area contributed by atoms with E-state index in [9.17, 15) is 16.8 Å². The van der Waals surface area contributed by atoms with E-state index in [1.54, 1.807) is 0 Å². The molecule has 0 saturated heterocycles. The van der Waals surface area contributed by atoms with Gasteiger partial charge in [-0.25, -0.2) is 16.8 Å². The van der Waals surface area contributed by atoms with E-state index < -0.39 is 29.3 Å². The first kappa shape index (κ1) is 16.2. The molecule has 1 aliphatic carbocycles. The van der Waals surface area contributed by atoms with Crippen LogP contribution in [-0.4, -0.2) is 31.3 Å². The van der Waals surface area contributed by atoms with Crippen molar-refractivity contribution in [3.05, 3.63) is 34.8 Å². The van der Waals surface area contributed by atoms with Gasteiger partial charge in [0.2, 0.25) is 0 Å². The fourth-order valence-electron chi connectivity index (χ4n) is 2.32. The fraction of sp³-hybridized carbons (Fsp3) is 0.417. The van der Waals surface area contributed by atoms with Crippen LogP contribution in [0.4, 0.5) is 0 Å². The molecule has 0 unspecified atom stereocenters. The normalized spacial score (nSPS) is 16.6. The molecule has 1 aromatic rings. The average Bonchev–Trinajstić information content (AvgIpc) is 2.93. The lowest BCUT2D eigenvalue weighted by Crippen LogP contribution is -2.33. The van der Waals surface area contributed by atoms with Gasteiger partial charge in [0, 0.05) is 5.02 Å². The first-order valence-electron chi connectivity index (χ1n) is 6.27. The molecule has 0 N–H and O–H groups in total. The SMILES string of the molecule is [N-]=[N+]=C(S(=O)(=O)c1ccc(Cl)cc1)S(=O)(=O)C1CCCC1. The van der Waals surface area contributed by atoms with E-state index in [0.717, 1.165) is 0 Å². The van der Waals surface area contributed by atoms with Gasteiger partial charge in [-0.1, -0.05) is 24.4 Å². The van der Waals surface area contributed by atoms with Crippen LogP contribution >= 0.6 is 11.6 Å². The van der Waals surface area contributed by atoms with Crippen molar-refractivity contribution in [1.82, 2.24) is 0 Å². The first-order chi connectivity index (χ1) is 9.80. The van der Waals surface area contributed by atoms with Gasteiger partial charge in [-0.2, -0.15) is 0 Å². The van der Waals surface area contributed by atoms with Crippen LogP contribution in [0.2, 0.25) is 5.02 Å². The Balaban J connectivity index is 2.51. The zero-order valence-corrected chi connectivity index (χ0v) is 13.3. The summed E-state index contributed by atoms with van der Waals surface area (Å²) in [6, 6.07) is 5.00. The Kier molecular flexibility index (Phi) is 4.53. The van der Waals surface area contributed by atoms with E-state index in [4.69, 9.17) is 17.1 Å². The van der Waals surface area contributed by atoms with Gasteiger partial charge in [0.15, 0.2) is 0 Å². The number of benzene rings is 1. The van der Waals surface area contributed by atoms with Crippen LogP contribution in [0.25, 0.3) is 5.53 Å². The summed E-state index contributed by atoms with van der Waals surface area (Å²) in [6.07, 6.45) is 2.17. The van der Waals surface area contributed by atoms with Crippen molar-refractivity contribution in [2.75, 3.05) is 0 Å². The Morgan fingerprint density at radius 2 is 1.62 bits per heavy atom. The highest BCUT2D eigenvalue weighted by Crippen LogP contribution is 2.28. The Bertz CT molecular complexity index is 788. The molecule has 0 radical (unpaired) electrons. The van der Waals surface area contributed by atoms with E-state index in [2.05, 4.69) is 4.79 Å². The topological polar surface area (TPSA) is 105 Å². The van der Waals surface area contributed by atoms with Gasteiger partial charge in [-0.05, 0) is 37.1 Å². The molecule has 1 aromatic carbocycles. The van der Waals surface area contributed by atoms with Crippen LogP contribution in [0.3, 0.4) is 0 Å². The van der Waals surface area contributed by atoms with Crippen LogP contribution in [0.5, 0.6) is 0 Å². The predicted molar refractivity (Wildman–Crippen MR) is 78.4 cm³/mol. The second kappa shape index (κ2) is 5.88. The van der Waals surface area contributed by atoms with Gasteiger partial charge < -0.3 is 5.53 Å². The standard InChI is InChI=1S/C12H13ClN2O4S2/c13-9-5-7-11(8-6-9)21(18,19)12(15-14)20(16,17)10-3-1-2-4-10/h5-8,10H,1-4H2. The summed E-state index contributed by atoms with van der Waals surface area (Å²) in [5, 5.41) is -0.499. The molecule has 114 valence electrons. The number of hydrogen-bond donors (Lipinski definition) is 0. The predicted octanol–water partition coefficient (Wildman–Crippen LogP) is 2.06. The smallest absolute Gasteiger partial charge is 0.359 e. The number of nitrogens with zero attached hydrogens (tertiary/aromatic N) is 2. The summed E-state index contributed by atoms with van der Waals surface area (Å²) >= 11 is 5.68. The highest BCUT2D eigenvalue weighted by Gasteiger charge is 2.47. The number of halogens is 1. The maximum absolute atomic E-state index is 12.4. The molecule has 0 bridgehead atoms. The number of hydrogen-bond acceptors (Lipinski definition) is 4. The summed E-state index contributed by atoms with van der Waals surface area (Å²) in [7, 11) is -8.60. The molecule has 1 fully saturated rings. The summed E-state index contributed by atoms with van der Waals surface area (Å²) < 4.78 is 48.2.